The number of fused-ring (bicyclic) bond motifs is 1. The largest absolute Gasteiger partial charge is 0.330 e. The Kier molecular flexibility index (Phi) is 3.15. The lowest BCUT2D eigenvalue weighted by Gasteiger charge is -2.08. The van der Waals surface area contributed by atoms with Gasteiger partial charge < -0.3 is 5.73 Å². The standard InChI is InChI=1S/C16H21N3/c1-11-16(15(8-9-17)19(2)18-11)14-7-6-12-4-3-5-13(12)10-14/h6-7,10H,3-5,8-9,17H2,1-2H3. The molecule has 0 bridgehead atoms. The zero-order chi connectivity index (χ0) is 13.4. The molecule has 0 atom stereocenters. The van der Waals surface area contributed by atoms with E-state index >= 15 is 0 Å². The van der Waals surface area contributed by atoms with Gasteiger partial charge in [-0.05, 0) is 49.4 Å². The number of aromatic nitrogens is 2. The molecule has 0 amide bonds. The molecule has 19 heavy (non-hydrogen) atoms. The third-order valence-corrected chi connectivity index (χ3v) is 4.11. The first-order valence-corrected chi connectivity index (χ1v) is 7.05. The molecular weight excluding hydrogens is 234 g/mol. The Labute approximate surface area is 114 Å². The molecule has 100 valence electrons. The molecule has 1 heterocycles. The third-order valence-electron chi connectivity index (χ3n) is 4.11. The van der Waals surface area contributed by atoms with E-state index in [1.807, 2.05) is 11.7 Å². The predicted octanol–water partition coefficient (Wildman–Crippen LogP) is 2.39. The summed E-state index contributed by atoms with van der Waals surface area (Å²) in [4.78, 5) is 0. The number of benzene rings is 1. The van der Waals surface area contributed by atoms with E-state index < -0.39 is 0 Å². The van der Waals surface area contributed by atoms with E-state index in [4.69, 9.17) is 5.73 Å². The van der Waals surface area contributed by atoms with Gasteiger partial charge in [-0.15, -0.1) is 0 Å². The quantitative estimate of drug-likeness (QED) is 0.915. The fraction of sp³-hybridized carbons (Fsp3) is 0.438. The van der Waals surface area contributed by atoms with Gasteiger partial charge in [-0.2, -0.15) is 5.10 Å². The first kappa shape index (κ1) is 12.4. The van der Waals surface area contributed by atoms with Gasteiger partial charge in [-0.25, -0.2) is 0 Å². The lowest BCUT2D eigenvalue weighted by Crippen LogP contribution is -2.08. The van der Waals surface area contributed by atoms with Crippen molar-refractivity contribution in [3.8, 4) is 11.1 Å². The number of rotatable bonds is 3. The summed E-state index contributed by atoms with van der Waals surface area (Å²) in [6.45, 7) is 2.75. The van der Waals surface area contributed by atoms with Crippen molar-refractivity contribution in [1.29, 1.82) is 0 Å². The first-order chi connectivity index (χ1) is 9.20. The van der Waals surface area contributed by atoms with Crippen molar-refractivity contribution < 1.29 is 0 Å². The average Bonchev–Trinajstić information content (AvgIpc) is 2.94. The molecule has 3 heteroatoms. The lowest BCUT2D eigenvalue weighted by atomic mass is 9.98. The molecule has 1 aliphatic carbocycles. The second-order valence-electron chi connectivity index (χ2n) is 5.41. The summed E-state index contributed by atoms with van der Waals surface area (Å²) >= 11 is 0. The summed E-state index contributed by atoms with van der Waals surface area (Å²) in [5, 5.41) is 4.56. The monoisotopic (exact) mass is 255 g/mol. The molecule has 0 aliphatic heterocycles. The van der Waals surface area contributed by atoms with Crippen LogP contribution in [0.25, 0.3) is 11.1 Å². The van der Waals surface area contributed by atoms with Crippen molar-refractivity contribution in [1.82, 2.24) is 9.78 Å². The second-order valence-corrected chi connectivity index (χ2v) is 5.41. The molecule has 0 radical (unpaired) electrons. The molecule has 1 aliphatic rings. The van der Waals surface area contributed by atoms with Crippen LogP contribution in [-0.2, 0) is 26.3 Å². The molecule has 0 fully saturated rings. The summed E-state index contributed by atoms with van der Waals surface area (Å²) in [6, 6.07) is 6.89. The van der Waals surface area contributed by atoms with Gasteiger partial charge in [0.25, 0.3) is 0 Å². The number of hydrogen-bond donors (Lipinski definition) is 1. The molecule has 0 unspecified atom stereocenters. The van der Waals surface area contributed by atoms with Crippen molar-refractivity contribution in [2.45, 2.75) is 32.6 Å². The molecule has 2 aromatic rings. The zero-order valence-electron chi connectivity index (χ0n) is 11.7. The molecule has 0 saturated carbocycles. The fourth-order valence-electron chi connectivity index (χ4n) is 3.23. The highest BCUT2D eigenvalue weighted by atomic mass is 15.3. The van der Waals surface area contributed by atoms with E-state index in [9.17, 15) is 0 Å². The zero-order valence-corrected chi connectivity index (χ0v) is 11.7. The van der Waals surface area contributed by atoms with E-state index in [1.54, 1.807) is 0 Å². The number of aryl methyl sites for hydroxylation is 4. The third kappa shape index (κ3) is 2.08. The summed E-state index contributed by atoms with van der Waals surface area (Å²) < 4.78 is 1.98. The van der Waals surface area contributed by atoms with Crippen LogP contribution >= 0.6 is 0 Å². The van der Waals surface area contributed by atoms with Gasteiger partial charge in [0, 0.05) is 24.7 Å². The Bertz CT molecular complexity index is 611. The first-order valence-electron chi connectivity index (χ1n) is 7.05. The average molecular weight is 255 g/mol. The molecule has 2 N–H and O–H groups in total. The topological polar surface area (TPSA) is 43.8 Å². The van der Waals surface area contributed by atoms with Crippen LogP contribution in [0.5, 0.6) is 0 Å². The Hall–Kier alpha value is -1.61. The highest BCUT2D eigenvalue weighted by molar-refractivity contribution is 5.70. The minimum absolute atomic E-state index is 0.664. The predicted molar refractivity (Wildman–Crippen MR) is 78.2 cm³/mol. The highest BCUT2D eigenvalue weighted by Crippen LogP contribution is 2.31. The Morgan fingerprint density at radius 3 is 2.84 bits per heavy atom. The normalized spacial score (nSPS) is 13.8. The fourth-order valence-corrected chi connectivity index (χ4v) is 3.23. The van der Waals surface area contributed by atoms with E-state index in [1.165, 1.54) is 47.2 Å². The highest BCUT2D eigenvalue weighted by Gasteiger charge is 2.17. The van der Waals surface area contributed by atoms with Crippen LogP contribution in [0.4, 0.5) is 0 Å². The number of hydrogen-bond acceptors (Lipinski definition) is 2. The molecule has 1 aromatic heterocycles. The Morgan fingerprint density at radius 1 is 1.26 bits per heavy atom. The van der Waals surface area contributed by atoms with Crippen LogP contribution in [0.15, 0.2) is 18.2 Å². The Balaban J connectivity index is 2.11. The van der Waals surface area contributed by atoms with Crippen LogP contribution in [-0.4, -0.2) is 16.3 Å². The number of nitrogens with two attached hydrogens (primary N) is 1. The SMILES string of the molecule is Cc1nn(C)c(CCN)c1-c1ccc2c(c1)CCC2. The van der Waals surface area contributed by atoms with E-state index in [-0.39, 0.29) is 0 Å². The molecule has 1 aromatic carbocycles. The maximum Gasteiger partial charge on any atom is 0.0674 e. The van der Waals surface area contributed by atoms with Crippen molar-refractivity contribution in [2.24, 2.45) is 12.8 Å². The minimum Gasteiger partial charge on any atom is -0.330 e. The smallest absolute Gasteiger partial charge is 0.0674 e. The summed E-state index contributed by atoms with van der Waals surface area (Å²) in [5.41, 5.74) is 13.7. The van der Waals surface area contributed by atoms with Crippen molar-refractivity contribution in [2.75, 3.05) is 6.54 Å². The summed E-state index contributed by atoms with van der Waals surface area (Å²) in [6.07, 6.45) is 4.62. The second kappa shape index (κ2) is 4.82. The maximum atomic E-state index is 5.73. The van der Waals surface area contributed by atoms with E-state index in [2.05, 4.69) is 30.2 Å². The minimum atomic E-state index is 0.664. The van der Waals surface area contributed by atoms with Gasteiger partial charge in [-0.1, -0.05) is 18.2 Å². The maximum absolute atomic E-state index is 5.73. The van der Waals surface area contributed by atoms with Gasteiger partial charge in [0.15, 0.2) is 0 Å². The van der Waals surface area contributed by atoms with E-state index in [0.29, 0.717) is 6.54 Å². The van der Waals surface area contributed by atoms with Gasteiger partial charge in [0.2, 0.25) is 0 Å². The Morgan fingerprint density at radius 2 is 2.05 bits per heavy atom. The van der Waals surface area contributed by atoms with E-state index in [0.717, 1.165) is 12.1 Å². The van der Waals surface area contributed by atoms with Crippen LogP contribution < -0.4 is 5.73 Å². The van der Waals surface area contributed by atoms with Crippen molar-refractivity contribution in [3.63, 3.8) is 0 Å². The van der Waals surface area contributed by atoms with Crippen LogP contribution in [0.2, 0.25) is 0 Å². The molecular formula is C16H21N3. The van der Waals surface area contributed by atoms with Gasteiger partial charge in [0.1, 0.15) is 0 Å². The van der Waals surface area contributed by atoms with Gasteiger partial charge in [-0.3, -0.25) is 4.68 Å². The van der Waals surface area contributed by atoms with Crippen LogP contribution in [0, 0.1) is 6.92 Å². The molecule has 3 nitrogen and oxygen atoms in total. The van der Waals surface area contributed by atoms with Crippen LogP contribution in [0.3, 0.4) is 0 Å². The molecule has 3 rings (SSSR count). The molecule has 0 saturated heterocycles. The van der Waals surface area contributed by atoms with Crippen LogP contribution in [0.1, 0.15) is 28.9 Å². The number of nitrogens with zero attached hydrogens (tertiary/aromatic N) is 2. The van der Waals surface area contributed by atoms with Crippen molar-refractivity contribution in [3.05, 3.63) is 40.7 Å². The van der Waals surface area contributed by atoms with Crippen molar-refractivity contribution >= 4 is 0 Å². The summed E-state index contributed by atoms with van der Waals surface area (Å²) in [5.74, 6) is 0. The van der Waals surface area contributed by atoms with Gasteiger partial charge >= 0.3 is 0 Å². The molecule has 0 spiro atoms. The summed E-state index contributed by atoms with van der Waals surface area (Å²) in [7, 11) is 2.01. The van der Waals surface area contributed by atoms with Gasteiger partial charge in [0.05, 0.1) is 5.69 Å². The lowest BCUT2D eigenvalue weighted by molar-refractivity contribution is 0.701.